The summed E-state index contributed by atoms with van der Waals surface area (Å²) in [6.45, 7) is 4.79. The second-order valence-electron chi connectivity index (χ2n) is 7.41. The Kier molecular flexibility index (Phi) is 6.43. The molecule has 0 unspecified atom stereocenters. The van der Waals surface area contributed by atoms with Gasteiger partial charge in [0.25, 0.3) is 0 Å². The molecule has 2 aromatic rings. The minimum Gasteiger partial charge on any atom is -0.493 e. The van der Waals surface area contributed by atoms with Crippen molar-refractivity contribution in [3.8, 4) is 5.75 Å². The minimum absolute atomic E-state index is 0.0388. The predicted molar refractivity (Wildman–Crippen MR) is 112 cm³/mol. The van der Waals surface area contributed by atoms with Gasteiger partial charge in [-0.2, -0.15) is 0 Å². The van der Waals surface area contributed by atoms with E-state index in [1.165, 1.54) is 6.42 Å². The molecule has 3 nitrogen and oxygen atoms in total. The first-order chi connectivity index (χ1) is 13.1. The summed E-state index contributed by atoms with van der Waals surface area (Å²) in [7, 11) is 0. The van der Waals surface area contributed by atoms with Crippen molar-refractivity contribution in [3.05, 3.63) is 58.6 Å². The lowest BCUT2D eigenvalue weighted by Crippen LogP contribution is -2.42. The summed E-state index contributed by atoms with van der Waals surface area (Å²) in [6.07, 6.45) is 5.89. The maximum Gasteiger partial charge on any atom is 0.235 e. The van der Waals surface area contributed by atoms with Crippen LogP contribution in [0.25, 0.3) is 0 Å². The number of hydrogen-bond acceptors (Lipinski definition) is 2. The molecule has 0 heterocycles. The lowest BCUT2D eigenvalue weighted by atomic mass is 9.68. The van der Waals surface area contributed by atoms with E-state index in [9.17, 15) is 4.79 Å². The van der Waals surface area contributed by atoms with Crippen LogP contribution >= 0.6 is 11.6 Å². The molecule has 1 aliphatic carbocycles. The molecule has 3 rings (SSSR count). The van der Waals surface area contributed by atoms with Crippen molar-refractivity contribution in [2.75, 3.05) is 11.9 Å². The zero-order valence-corrected chi connectivity index (χ0v) is 16.9. The van der Waals surface area contributed by atoms with E-state index < -0.39 is 5.41 Å². The number of amides is 1. The highest BCUT2D eigenvalue weighted by molar-refractivity contribution is 6.31. The Hall–Kier alpha value is -2.00. The van der Waals surface area contributed by atoms with Gasteiger partial charge >= 0.3 is 0 Å². The molecule has 1 saturated carbocycles. The first-order valence-electron chi connectivity index (χ1n) is 9.87. The Morgan fingerprint density at radius 3 is 2.56 bits per heavy atom. The molecule has 0 saturated heterocycles. The predicted octanol–water partition coefficient (Wildman–Crippen LogP) is 6.28. The fourth-order valence-electron chi connectivity index (χ4n) is 3.98. The molecular weight excluding hydrogens is 358 g/mol. The third kappa shape index (κ3) is 4.30. The number of hydrogen-bond donors (Lipinski definition) is 1. The van der Waals surface area contributed by atoms with Crippen LogP contribution in [0, 0.1) is 6.92 Å². The topological polar surface area (TPSA) is 38.3 Å². The van der Waals surface area contributed by atoms with Gasteiger partial charge in [-0.1, -0.05) is 56.0 Å². The van der Waals surface area contributed by atoms with Crippen molar-refractivity contribution in [3.63, 3.8) is 0 Å². The van der Waals surface area contributed by atoms with Gasteiger partial charge in [0.2, 0.25) is 5.91 Å². The van der Waals surface area contributed by atoms with E-state index in [0.717, 1.165) is 54.7 Å². The van der Waals surface area contributed by atoms with Crippen LogP contribution in [0.4, 0.5) is 5.69 Å². The van der Waals surface area contributed by atoms with Crippen molar-refractivity contribution in [2.24, 2.45) is 0 Å². The minimum atomic E-state index is -0.554. The molecule has 0 aliphatic heterocycles. The van der Waals surface area contributed by atoms with E-state index in [2.05, 4.69) is 12.2 Å². The van der Waals surface area contributed by atoms with Crippen LogP contribution in [0.3, 0.4) is 0 Å². The number of aryl methyl sites for hydroxylation is 1. The number of anilines is 1. The average molecular weight is 386 g/mol. The summed E-state index contributed by atoms with van der Waals surface area (Å²) in [5.41, 5.74) is 2.22. The molecule has 4 heteroatoms. The Labute approximate surface area is 167 Å². The summed E-state index contributed by atoms with van der Waals surface area (Å²) in [5.74, 6) is 0.908. The molecule has 0 spiro atoms. The zero-order valence-electron chi connectivity index (χ0n) is 16.2. The molecule has 0 atom stereocenters. The van der Waals surface area contributed by atoms with Gasteiger partial charge in [0.1, 0.15) is 5.75 Å². The van der Waals surface area contributed by atoms with Gasteiger partial charge in [0.15, 0.2) is 0 Å². The van der Waals surface area contributed by atoms with E-state index in [0.29, 0.717) is 11.6 Å². The number of benzene rings is 2. The van der Waals surface area contributed by atoms with Crippen LogP contribution in [0.5, 0.6) is 5.75 Å². The highest BCUT2D eigenvalue weighted by atomic mass is 35.5. The van der Waals surface area contributed by atoms with Gasteiger partial charge in [0.05, 0.1) is 12.0 Å². The molecule has 0 bridgehead atoms. The second kappa shape index (κ2) is 8.79. The molecule has 1 N–H and O–H groups in total. The molecule has 0 aromatic heterocycles. The van der Waals surface area contributed by atoms with Crippen LogP contribution in [0.15, 0.2) is 42.5 Å². The molecule has 1 amide bonds. The van der Waals surface area contributed by atoms with Crippen LogP contribution in [0.1, 0.15) is 56.6 Å². The van der Waals surface area contributed by atoms with Gasteiger partial charge < -0.3 is 10.1 Å². The smallest absolute Gasteiger partial charge is 0.235 e. The third-order valence-electron chi connectivity index (χ3n) is 5.43. The van der Waals surface area contributed by atoms with Gasteiger partial charge in [-0.15, -0.1) is 0 Å². The van der Waals surface area contributed by atoms with Crippen LogP contribution in [0.2, 0.25) is 5.02 Å². The van der Waals surface area contributed by atoms with Crippen molar-refractivity contribution < 1.29 is 9.53 Å². The number of nitrogens with one attached hydrogen (secondary N) is 1. The maximum absolute atomic E-state index is 13.4. The van der Waals surface area contributed by atoms with Crippen LogP contribution in [-0.2, 0) is 10.2 Å². The molecule has 144 valence electrons. The first kappa shape index (κ1) is 19.8. The highest BCUT2D eigenvalue weighted by Crippen LogP contribution is 2.43. The first-order valence-corrected chi connectivity index (χ1v) is 10.2. The van der Waals surface area contributed by atoms with Crippen molar-refractivity contribution in [1.82, 2.24) is 0 Å². The van der Waals surface area contributed by atoms with E-state index in [1.54, 1.807) is 0 Å². The van der Waals surface area contributed by atoms with Gasteiger partial charge in [0, 0.05) is 10.7 Å². The van der Waals surface area contributed by atoms with Crippen molar-refractivity contribution in [1.29, 1.82) is 0 Å². The number of ether oxygens (including phenoxy) is 1. The lowest BCUT2D eigenvalue weighted by molar-refractivity contribution is -0.122. The summed E-state index contributed by atoms with van der Waals surface area (Å²) in [4.78, 5) is 13.4. The standard InChI is InChI=1S/C23H28ClNO2/c1-3-15-27-21-12-11-18(16-17(21)2)25-22(26)23(13-7-4-8-14-23)19-9-5-6-10-20(19)24/h5-6,9-12,16H,3-4,7-8,13-15H2,1-2H3,(H,25,26). The van der Waals surface area contributed by atoms with E-state index in [1.807, 2.05) is 49.4 Å². The van der Waals surface area contributed by atoms with E-state index in [4.69, 9.17) is 16.3 Å². The lowest BCUT2D eigenvalue weighted by Gasteiger charge is -2.37. The van der Waals surface area contributed by atoms with E-state index >= 15 is 0 Å². The van der Waals surface area contributed by atoms with Crippen molar-refractivity contribution in [2.45, 2.75) is 57.8 Å². The SMILES string of the molecule is CCCOc1ccc(NC(=O)C2(c3ccccc3Cl)CCCCC2)cc1C. The summed E-state index contributed by atoms with van der Waals surface area (Å²) >= 11 is 6.49. The van der Waals surface area contributed by atoms with Crippen LogP contribution < -0.4 is 10.1 Å². The molecule has 1 fully saturated rings. The highest BCUT2D eigenvalue weighted by Gasteiger charge is 2.42. The third-order valence-corrected chi connectivity index (χ3v) is 5.76. The molecular formula is C23H28ClNO2. The average Bonchev–Trinajstić information content (AvgIpc) is 2.68. The van der Waals surface area contributed by atoms with Gasteiger partial charge in [-0.05, 0) is 61.6 Å². The normalized spacial score (nSPS) is 16.0. The number of carbonyl (C=O) groups is 1. The maximum atomic E-state index is 13.4. The summed E-state index contributed by atoms with van der Waals surface area (Å²) < 4.78 is 5.74. The molecule has 27 heavy (non-hydrogen) atoms. The second-order valence-corrected chi connectivity index (χ2v) is 7.81. The Morgan fingerprint density at radius 2 is 1.89 bits per heavy atom. The molecule has 0 radical (unpaired) electrons. The van der Waals surface area contributed by atoms with Crippen LogP contribution in [-0.4, -0.2) is 12.5 Å². The fraction of sp³-hybridized carbons (Fsp3) is 0.435. The fourth-order valence-corrected chi connectivity index (χ4v) is 4.29. The number of halogens is 1. The van der Waals surface area contributed by atoms with Crippen molar-refractivity contribution >= 4 is 23.2 Å². The Morgan fingerprint density at radius 1 is 1.15 bits per heavy atom. The Bertz CT molecular complexity index is 797. The van der Waals surface area contributed by atoms with Gasteiger partial charge in [-0.25, -0.2) is 0 Å². The number of rotatable bonds is 6. The zero-order chi connectivity index (χ0) is 19.3. The van der Waals surface area contributed by atoms with Gasteiger partial charge in [-0.3, -0.25) is 4.79 Å². The quantitative estimate of drug-likeness (QED) is 0.635. The molecule has 2 aromatic carbocycles. The largest absolute Gasteiger partial charge is 0.493 e. The summed E-state index contributed by atoms with van der Waals surface area (Å²) in [6, 6.07) is 13.6. The molecule has 1 aliphatic rings. The number of carbonyl (C=O) groups excluding carboxylic acids is 1. The Balaban J connectivity index is 1.86. The summed E-state index contributed by atoms with van der Waals surface area (Å²) in [5, 5.41) is 3.82. The van der Waals surface area contributed by atoms with E-state index in [-0.39, 0.29) is 5.91 Å². The monoisotopic (exact) mass is 385 g/mol.